The second-order valence-corrected chi connectivity index (χ2v) is 4.74. The van der Waals surface area contributed by atoms with Crippen LogP contribution in [0.1, 0.15) is 5.56 Å². The highest BCUT2D eigenvalue weighted by molar-refractivity contribution is 7.99. The zero-order chi connectivity index (χ0) is 9.10. The van der Waals surface area contributed by atoms with Crippen LogP contribution in [-0.4, -0.2) is 18.8 Å². The molecular formula is C11H15NS. The Labute approximate surface area is 83.9 Å². The Hall–Kier alpha value is -0.470. The lowest BCUT2D eigenvalue weighted by atomic mass is 10.1. The molecule has 1 N–H and O–H groups in total. The third-order valence-electron chi connectivity index (χ3n) is 2.37. The first kappa shape index (κ1) is 9.10. The van der Waals surface area contributed by atoms with Crippen molar-refractivity contribution in [3.8, 4) is 0 Å². The number of nitrogens with one attached hydrogen (secondary N) is 1. The van der Waals surface area contributed by atoms with Gasteiger partial charge in [0.15, 0.2) is 0 Å². The number of rotatable bonds is 3. The summed E-state index contributed by atoms with van der Waals surface area (Å²) in [5.41, 5.74) is 1.34. The van der Waals surface area contributed by atoms with Crippen molar-refractivity contribution in [3.63, 3.8) is 0 Å². The molecule has 1 saturated heterocycles. The molecule has 1 aliphatic heterocycles. The molecule has 0 bridgehead atoms. The normalized spacial score (nSPS) is 17.0. The Morgan fingerprint density at radius 3 is 2.54 bits per heavy atom. The predicted molar refractivity (Wildman–Crippen MR) is 58.3 cm³/mol. The van der Waals surface area contributed by atoms with Crippen molar-refractivity contribution in [3.05, 3.63) is 29.8 Å². The van der Waals surface area contributed by atoms with Crippen molar-refractivity contribution in [2.24, 2.45) is 5.92 Å². The fraction of sp³-hybridized carbons (Fsp3) is 0.455. The Kier molecular flexibility index (Phi) is 2.91. The van der Waals surface area contributed by atoms with Crippen LogP contribution in [0, 0.1) is 12.8 Å². The first-order chi connectivity index (χ1) is 6.34. The maximum absolute atomic E-state index is 3.29. The average Bonchev–Trinajstić information content (AvgIpc) is 2.05. The Balaban J connectivity index is 1.83. The zero-order valence-corrected chi connectivity index (χ0v) is 8.73. The largest absolute Gasteiger partial charge is 0.316 e. The van der Waals surface area contributed by atoms with Crippen molar-refractivity contribution in [1.82, 2.24) is 5.32 Å². The van der Waals surface area contributed by atoms with E-state index >= 15 is 0 Å². The molecule has 70 valence electrons. The molecule has 1 aliphatic rings. The van der Waals surface area contributed by atoms with Gasteiger partial charge in [-0.15, -0.1) is 11.8 Å². The molecule has 13 heavy (non-hydrogen) atoms. The van der Waals surface area contributed by atoms with Gasteiger partial charge in [0.2, 0.25) is 0 Å². The van der Waals surface area contributed by atoms with Crippen molar-refractivity contribution >= 4 is 11.8 Å². The molecule has 0 aromatic heterocycles. The van der Waals surface area contributed by atoms with E-state index in [1.165, 1.54) is 29.3 Å². The molecule has 2 rings (SSSR count). The highest BCUT2D eigenvalue weighted by atomic mass is 32.2. The van der Waals surface area contributed by atoms with E-state index in [1.54, 1.807) is 0 Å². The summed E-state index contributed by atoms with van der Waals surface area (Å²) in [6.45, 7) is 4.54. The van der Waals surface area contributed by atoms with Crippen molar-refractivity contribution in [1.29, 1.82) is 0 Å². The second-order valence-electron chi connectivity index (χ2n) is 3.65. The summed E-state index contributed by atoms with van der Waals surface area (Å²) in [6, 6.07) is 8.79. The minimum absolute atomic E-state index is 0.895. The van der Waals surface area contributed by atoms with E-state index in [0.29, 0.717) is 0 Å². The number of benzene rings is 1. The SMILES string of the molecule is Cc1ccc(SCC2CNC2)cc1. The smallest absolute Gasteiger partial charge is 0.00722 e. The van der Waals surface area contributed by atoms with Crippen LogP contribution in [0.25, 0.3) is 0 Å². The van der Waals surface area contributed by atoms with Crippen LogP contribution in [-0.2, 0) is 0 Å². The quantitative estimate of drug-likeness (QED) is 0.739. The maximum atomic E-state index is 3.29. The summed E-state index contributed by atoms with van der Waals surface area (Å²) in [6.07, 6.45) is 0. The van der Waals surface area contributed by atoms with E-state index in [9.17, 15) is 0 Å². The van der Waals surface area contributed by atoms with Gasteiger partial charge in [-0.05, 0) is 38.1 Å². The molecular weight excluding hydrogens is 178 g/mol. The lowest BCUT2D eigenvalue weighted by Crippen LogP contribution is -2.43. The van der Waals surface area contributed by atoms with Crippen molar-refractivity contribution in [2.45, 2.75) is 11.8 Å². The third kappa shape index (κ3) is 2.48. The summed E-state index contributed by atoms with van der Waals surface area (Å²) in [7, 11) is 0. The molecule has 0 unspecified atom stereocenters. The van der Waals surface area contributed by atoms with Gasteiger partial charge in [0, 0.05) is 10.6 Å². The van der Waals surface area contributed by atoms with Gasteiger partial charge in [0.25, 0.3) is 0 Å². The molecule has 1 aromatic rings. The van der Waals surface area contributed by atoms with Gasteiger partial charge in [0.05, 0.1) is 0 Å². The fourth-order valence-corrected chi connectivity index (χ4v) is 2.31. The molecule has 2 heteroatoms. The lowest BCUT2D eigenvalue weighted by molar-refractivity contribution is 0.385. The Morgan fingerprint density at radius 2 is 2.00 bits per heavy atom. The van der Waals surface area contributed by atoms with Crippen LogP contribution in [0.4, 0.5) is 0 Å². The highest BCUT2D eigenvalue weighted by Crippen LogP contribution is 2.22. The second kappa shape index (κ2) is 4.16. The van der Waals surface area contributed by atoms with E-state index < -0.39 is 0 Å². The van der Waals surface area contributed by atoms with Gasteiger partial charge in [-0.2, -0.15) is 0 Å². The van der Waals surface area contributed by atoms with Crippen LogP contribution >= 0.6 is 11.8 Å². The lowest BCUT2D eigenvalue weighted by Gasteiger charge is -2.26. The molecule has 0 aliphatic carbocycles. The molecule has 1 nitrogen and oxygen atoms in total. The summed E-state index contributed by atoms with van der Waals surface area (Å²) < 4.78 is 0. The monoisotopic (exact) mass is 193 g/mol. The first-order valence-corrected chi connectivity index (χ1v) is 5.73. The van der Waals surface area contributed by atoms with Crippen LogP contribution in [0.5, 0.6) is 0 Å². The van der Waals surface area contributed by atoms with Gasteiger partial charge < -0.3 is 5.32 Å². The Bertz CT molecular complexity index is 264. The molecule has 1 aromatic carbocycles. The molecule has 1 heterocycles. The summed E-state index contributed by atoms with van der Waals surface area (Å²) in [4.78, 5) is 1.40. The van der Waals surface area contributed by atoms with E-state index in [2.05, 4.69) is 36.5 Å². The van der Waals surface area contributed by atoms with Gasteiger partial charge >= 0.3 is 0 Å². The minimum Gasteiger partial charge on any atom is -0.316 e. The van der Waals surface area contributed by atoms with Crippen LogP contribution in [0.2, 0.25) is 0 Å². The standard InChI is InChI=1S/C11H15NS/c1-9-2-4-11(5-3-9)13-8-10-6-12-7-10/h2-5,10,12H,6-8H2,1H3. The van der Waals surface area contributed by atoms with Crippen LogP contribution < -0.4 is 5.32 Å². The van der Waals surface area contributed by atoms with Crippen LogP contribution in [0.15, 0.2) is 29.2 Å². The number of hydrogen-bond acceptors (Lipinski definition) is 2. The van der Waals surface area contributed by atoms with Gasteiger partial charge in [-0.3, -0.25) is 0 Å². The van der Waals surface area contributed by atoms with Gasteiger partial charge in [-0.25, -0.2) is 0 Å². The first-order valence-electron chi connectivity index (χ1n) is 4.75. The van der Waals surface area contributed by atoms with Gasteiger partial charge in [0.1, 0.15) is 0 Å². The zero-order valence-electron chi connectivity index (χ0n) is 7.92. The van der Waals surface area contributed by atoms with E-state index in [4.69, 9.17) is 0 Å². The summed E-state index contributed by atoms with van der Waals surface area (Å²) >= 11 is 1.97. The van der Waals surface area contributed by atoms with E-state index in [0.717, 1.165) is 5.92 Å². The Morgan fingerprint density at radius 1 is 1.31 bits per heavy atom. The molecule has 0 amide bonds. The van der Waals surface area contributed by atoms with Crippen LogP contribution in [0.3, 0.4) is 0 Å². The molecule has 1 fully saturated rings. The molecule has 0 radical (unpaired) electrons. The summed E-state index contributed by atoms with van der Waals surface area (Å²) in [5.74, 6) is 2.15. The van der Waals surface area contributed by atoms with E-state index in [1.807, 2.05) is 11.8 Å². The average molecular weight is 193 g/mol. The topological polar surface area (TPSA) is 12.0 Å². The minimum atomic E-state index is 0.895. The van der Waals surface area contributed by atoms with Crippen molar-refractivity contribution < 1.29 is 0 Å². The highest BCUT2D eigenvalue weighted by Gasteiger charge is 2.16. The number of thioether (sulfide) groups is 1. The van der Waals surface area contributed by atoms with Gasteiger partial charge in [-0.1, -0.05) is 17.7 Å². The van der Waals surface area contributed by atoms with Crippen molar-refractivity contribution in [2.75, 3.05) is 18.8 Å². The third-order valence-corrected chi connectivity index (χ3v) is 3.62. The molecule has 0 atom stereocenters. The molecule has 0 saturated carbocycles. The maximum Gasteiger partial charge on any atom is 0.00722 e. The fourth-order valence-electron chi connectivity index (χ4n) is 1.31. The number of aryl methyl sites for hydroxylation is 1. The molecule has 0 spiro atoms. The predicted octanol–water partition coefficient (Wildman–Crippen LogP) is 2.31. The number of hydrogen-bond donors (Lipinski definition) is 1. The van der Waals surface area contributed by atoms with E-state index in [-0.39, 0.29) is 0 Å². The summed E-state index contributed by atoms with van der Waals surface area (Å²) in [5, 5.41) is 3.29.